The second kappa shape index (κ2) is 22.8. The number of rotatable bonds is 14. The SMILES string of the molecule is CC[C@H]1OC(=O)[C@H](C)[C@@H](O[C@H]2C[C@@](C)(OC)[C@@H](O)[C@H](C)O2)[C@H](C)[C@@H](O[C@@H]2O[C@H](C)C[C@H](N(C)CCc3cn(Cc4ccc(S(N)(=O)=O)cc4)nn3)[C@H]2O)[C@](C)(OC)C[C@@H](C)C(=O)[C@H](C)[C@@H](O)[C@]1(C)O. The Kier molecular flexibility index (Phi) is 18.8. The number of benzene rings is 1. The van der Waals surface area contributed by atoms with Gasteiger partial charge in [-0.2, -0.15) is 0 Å². The Morgan fingerprint density at radius 1 is 0.913 bits per heavy atom. The molecule has 2 aromatic rings. The molecule has 0 amide bonds. The normalized spacial score (nSPS) is 40.1. The van der Waals surface area contributed by atoms with Gasteiger partial charge in [0.05, 0.1) is 64.8 Å². The van der Waals surface area contributed by atoms with Crippen molar-refractivity contribution in [1.29, 1.82) is 0 Å². The van der Waals surface area contributed by atoms with E-state index in [0.29, 0.717) is 31.6 Å². The lowest BCUT2D eigenvalue weighted by Gasteiger charge is -2.50. The Morgan fingerprint density at radius 2 is 1.55 bits per heavy atom. The molecule has 3 aliphatic heterocycles. The molecule has 3 aliphatic rings. The van der Waals surface area contributed by atoms with Crippen molar-refractivity contribution in [3.05, 3.63) is 41.7 Å². The van der Waals surface area contributed by atoms with Crippen LogP contribution in [0.4, 0.5) is 0 Å². The van der Waals surface area contributed by atoms with Gasteiger partial charge in [-0.1, -0.05) is 45.0 Å². The van der Waals surface area contributed by atoms with Gasteiger partial charge in [0, 0.05) is 63.6 Å². The summed E-state index contributed by atoms with van der Waals surface area (Å²) in [6, 6.07) is 5.75. The molecule has 392 valence electrons. The van der Waals surface area contributed by atoms with Gasteiger partial charge in [0.25, 0.3) is 0 Å². The minimum Gasteiger partial charge on any atom is -0.459 e. The van der Waals surface area contributed by atoms with E-state index < -0.39 is 124 Å². The Morgan fingerprint density at radius 3 is 2.14 bits per heavy atom. The van der Waals surface area contributed by atoms with Gasteiger partial charge in [-0.15, -0.1) is 5.10 Å². The first-order valence-electron chi connectivity index (χ1n) is 24.0. The largest absolute Gasteiger partial charge is 0.459 e. The Hall–Kier alpha value is -3.03. The van der Waals surface area contributed by atoms with E-state index >= 15 is 0 Å². The molecule has 69 heavy (non-hydrogen) atoms. The van der Waals surface area contributed by atoms with Crippen LogP contribution in [-0.2, 0) is 65.7 Å². The van der Waals surface area contributed by atoms with Gasteiger partial charge in [-0.25, -0.2) is 18.2 Å². The van der Waals surface area contributed by atoms with Gasteiger partial charge in [-0.05, 0) is 85.5 Å². The molecule has 3 saturated heterocycles. The second-order valence-electron chi connectivity index (χ2n) is 20.5. The maximum Gasteiger partial charge on any atom is 0.311 e. The van der Waals surface area contributed by atoms with Gasteiger partial charge in [0.15, 0.2) is 12.6 Å². The average Bonchev–Trinajstić information content (AvgIpc) is 3.75. The number of nitrogens with zero attached hydrogens (tertiary/aromatic N) is 4. The molecule has 3 fully saturated rings. The summed E-state index contributed by atoms with van der Waals surface area (Å²) in [6.45, 7) is 17.7. The first kappa shape index (κ1) is 56.9. The van der Waals surface area contributed by atoms with E-state index in [9.17, 15) is 38.4 Å². The molecule has 21 heteroatoms. The third-order valence-corrected chi connectivity index (χ3v) is 16.0. The van der Waals surface area contributed by atoms with Gasteiger partial charge in [-0.3, -0.25) is 9.59 Å². The van der Waals surface area contributed by atoms with Crippen molar-refractivity contribution < 1.29 is 71.6 Å². The number of cyclic esters (lactones) is 1. The van der Waals surface area contributed by atoms with E-state index in [0.717, 1.165) is 5.56 Å². The number of esters is 1. The fourth-order valence-electron chi connectivity index (χ4n) is 10.5. The predicted octanol–water partition coefficient (Wildman–Crippen LogP) is 2.34. The van der Waals surface area contributed by atoms with Gasteiger partial charge in [0.2, 0.25) is 10.0 Å². The molecule has 0 unspecified atom stereocenters. The number of carbonyl (C=O) groups excluding carboxylic acids is 2. The van der Waals surface area contributed by atoms with E-state index in [1.54, 1.807) is 64.6 Å². The number of primary sulfonamides is 1. The highest BCUT2D eigenvalue weighted by Crippen LogP contribution is 2.42. The van der Waals surface area contributed by atoms with Gasteiger partial charge < -0.3 is 58.5 Å². The number of likely N-dealkylation sites (N-methyl/N-ethyl adjacent to an activating group) is 1. The fourth-order valence-corrected chi connectivity index (χ4v) is 11.0. The molecule has 0 bridgehead atoms. The molecule has 0 aliphatic carbocycles. The van der Waals surface area contributed by atoms with E-state index in [1.807, 2.05) is 25.8 Å². The van der Waals surface area contributed by atoms with Gasteiger partial charge >= 0.3 is 5.97 Å². The number of ketones is 1. The number of Topliss-reactive ketones (excluding diaryl/α,β-unsaturated/α-hetero) is 1. The summed E-state index contributed by atoms with van der Waals surface area (Å²) in [6.07, 6.45) is -7.55. The van der Waals surface area contributed by atoms with Crippen molar-refractivity contribution in [2.75, 3.05) is 27.8 Å². The highest BCUT2D eigenvalue weighted by Gasteiger charge is 2.54. The van der Waals surface area contributed by atoms with Crippen LogP contribution in [0.2, 0.25) is 0 Å². The standard InChI is InChI=1S/C48H79N5O15S/c1-14-36-48(10,59)41(56)28(4)38(54)26(2)22-47(9,63-13)43(29(5)40(30(6)44(58)66-36)67-37-23-46(8,62-12)42(57)31(7)65-37)68-45-39(55)35(21-27(3)64-45)52(11)20-19-33-25-53(51-50-33)24-32-15-17-34(18-16-32)69(49,60)61/h15-18,25-31,35-37,39-43,45,55-57,59H,14,19-24H2,1-13H3,(H2,49,60,61)/t26-,27-,28+,29+,30-,31+,35+,36-,37+,39-,40+,41-,42+,43-,45+,46-,47-,48-/m1/s1. The highest BCUT2D eigenvalue weighted by atomic mass is 32.2. The zero-order chi connectivity index (χ0) is 51.6. The third kappa shape index (κ3) is 13.0. The van der Waals surface area contributed by atoms with Gasteiger partial charge in [0.1, 0.15) is 29.7 Å². The predicted molar refractivity (Wildman–Crippen MR) is 251 cm³/mol. The van der Waals surface area contributed by atoms with Crippen LogP contribution < -0.4 is 5.14 Å². The van der Waals surface area contributed by atoms with Crippen molar-refractivity contribution in [3.8, 4) is 0 Å². The molecule has 18 atom stereocenters. The van der Waals surface area contributed by atoms with E-state index in [-0.39, 0.29) is 29.9 Å². The number of nitrogens with two attached hydrogens (primary N) is 1. The second-order valence-corrected chi connectivity index (χ2v) is 22.1. The quantitative estimate of drug-likeness (QED) is 0.170. The van der Waals surface area contributed by atoms with Crippen molar-refractivity contribution >= 4 is 21.8 Å². The Balaban J connectivity index is 1.46. The van der Waals surface area contributed by atoms with Crippen LogP contribution in [0.1, 0.15) is 106 Å². The number of carbonyl (C=O) groups is 2. The first-order valence-corrected chi connectivity index (χ1v) is 25.6. The lowest BCUT2D eigenvalue weighted by Crippen LogP contribution is -2.61. The number of hydrogen-bond acceptors (Lipinski definition) is 18. The summed E-state index contributed by atoms with van der Waals surface area (Å²) in [5.41, 5.74) is -2.93. The monoisotopic (exact) mass is 998 g/mol. The number of aliphatic hydroxyl groups is 4. The minimum absolute atomic E-state index is 0.0146. The van der Waals surface area contributed by atoms with Crippen molar-refractivity contribution in [2.45, 2.75) is 197 Å². The molecule has 5 rings (SSSR count). The first-order chi connectivity index (χ1) is 32.1. The van der Waals surface area contributed by atoms with Crippen LogP contribution >= 0.6 is 0 Å². The average molecular weight is 998 g/mol. The summed E-state index contributed by atoms with van der Waals surface area (Å²) in [5, 5.41) is 60.5. The van der Waals surface area contributed by atoms with E-state index in [2.05, 4.69) is 10.3 Å². The minimum atomic E-state index is -3.82. The van der Waals surface area contributed by atoms with E-state index in [4.69, 9.17) is 38.3 Å². The lowest BCUT2D eigenvalue weighted by atomic mass is 9.74. The van der Waals surface area contributed by atoms with Crippen LogP contribution in [-0.4, -0.2) is 173 Å². The highest BCUT2D eigenvalue weighted by molar-refractivity contribution is 7.89. The maximum atomic E-state index is 14.4. The summed E-state index contributed by atoms with van der Waals surface area (Å²) in [4.78, 5) is 30.7. The molecule has 1 aromatic heterocycles. The number of sulfonamides is 1. The number of hydrogen-bond donors (Lipinski definition) is 5. The number of aliphatic hydroxyl groups excluding tert-OH is 3. The van der Waals surface area contributed by atoms with Crippen molar-refractivity contribution in [2.24, 2.45) is 28.8 Å². The molecule has 6 N–H and O–H groups in total. The molecule has 4 heterocycles. The molecular weight excluding hydrogens is 919 g/mol. The topological polar surface area (TPSA) is 274 Å². The fraction of sp³-hybridized carbons (Fsp3) is 0.792. The Labute approximate surface area is 407 Å². The lowest BCUT2D eigenvalue weighted by molar-refractivity contribution is -0.319. The van der Waals surface area contributed by atoms with Crippen LogP contribution in [0.3, 0.4) is 0 Å². The number of ether oxygens (including phenoxy) is 7. The molecule has 0 saturated carbocycles. The van der Waals surface area contributed by atoms with Crippen molar-refractivity contribution in [1.82, 2.24) is 19.9 Å². The summed E-state index contributed by atoms with van der Waals surface area (Å²) in [7, 11) is 1.05. The zero-order valence-electron chi connectivity index (χ0n) is 42.6. The van der Waals surface area contributed by atoms with Crippen LogP contribution in [0.25, 0.3) is 0 Å². The smallest absolute Gasteiger partial charge is 0.311 e. The maximum absolute atomic E-state index is 14.4. The number of aromatic nitrogens is 3. The van der Waals surface area contributed by atoms with Crippen molar-refractivity contribution in [3.63, 3.8) is 0 Å². The third-order valence-electron chi connectivity index (χ3n) is 15.1. The zero-order valence-corrected chi connectivity index (χ0v) is 43.4. The molecule has 0 spiro atoms. The summed E-state index contributed by atoms with van der Waals surface area (Å²) >= 11 is 0. The summed E-state index contributed by atoms with van der Waals surface area (Å²) < 4.78 is 69.6. The molecule has 0 radical (unpaired) electrons. The molecule has 20 nitrogen and oxygen atoms in total. The van der Waals surface area contributed by atoms with E-state index in [1.165, 1.54) is 40.2 Å². The number of methoxy groups -OCH3 is 2. The van der Waals surface area contributed by atoms with Crippen LogP contribution in [0, 0.1) is 23.7 Å². The van der Waals surface area contributed by atoms with Crippen LogP contribution in [0.15, 0.2) is 35.4 Å². The molecule has 1 aromatic carbocycles. The van der Waals surface area contributed by atoms with Crippen LogP contribution in [0.5, 0.6) is 0 Å². The molecular formula is C48H79N5O15S. The Bertz CT molecular complexity index is 2130. The summed E-state index contributed by atoms with van der Waals surface area (Å²) in [5.74, 6) is -4.82.